The second kappa shape index (κ2) is 10.3. The number of nitrogens with zero attached hydrogens (tertiary/aromatic N) is 2. The van der Waals surface area contributed by atoms with Gasteiger partial charge in [0.25, 0.3) is 0 Å². The van der Waals surface area contributed by atoms with Gasteiger partial charge in [-0.1, -0.05) is 72.4 Å². The van der Waals surface area contributed by atoms with Crippen LogP contribution in [-0.2, 0) is 14.3 Å². The van der Waals surface area contributed by atoms with E-state index in [1.807, 2.05) is 60.7 Å². The Balaban J connectivity index is 2.20. The molecule has 0 spiro atoms. The highest BCUT2D eigenvalue weighted by molar-refractivity contribution is 8.11. The Morgan fingerprint density at radius 2 is 1.53 bits per heavy atom. The van der Waals surface area contributed by atoms with Crippen molar-refractivity contribution in [2.24, 2.45) is 0 Å². The Labute approximate surface area is 178 Å². The summed E-state index contributed by atoms with van der Waals surface area (Å²) in [5.41, 5.74) is 2.80. The third-order valence-electron chi connectivity index (χ3n) is 4.10. The first-order valence-corrected chi connectivity index (χ1v) is 9.92. The lowest BCUT2D eigenvalue weighted by molar-refractivity contribution is -0.134. The number of rotatable bonds is 7. The smallest absolute Gasteiger partial charge is 0.358 e. The first-order valence-electron chi connectivity index (χ1n) is 9.04. The van der Waals surface area contributed by atoms with Crippen LogP contribution in [-0.4, -0.2) is 35.9 Å². The quantitative estimate of drug-likeness (QED) is 0.319. The van der Waals surface area contributed by atoms with Gasteiger partial charge in [0.15, 0.2) is 5.69 Å². The fourth-order valence-electron chi connectivity index (χ4n) is 2.70. The van der Waals surface area contributed by atoms with Crippen LogP contribution in [0, 0.1) is 0 Å². The van der Waals surface area contributed by atoms with Crippen LogP contribution in [0.2, 0.25) is 0 Å². The Kier molecular flexibility index (Phi) is 7.24. The summed E-state index contributed by atoms with van der Waals surface area (Å²) in [6.07, 6.45) is 3.07. The maximum Gasteiger partial charge on any atom is 0.358 e. The molecule has 6 nitrogen and oxygen atoms in total. The van der Waals surface area contributed by atoms with Crippen molar-refractivity contribution in [3.8, 4) is 0 Å². The number of aromatic nitrogens is 2. The van der Waals surface area contributed by atoms with Gasteiger partial charge in [0, 0.05) is 22.7 Å². The summed E-state index contributed by atoms with van der Waals surface area (Å²) in [5.74, 6) is -0.955. The van der Waals surface area contributed by atoms with Gasteiger partial charge in [0.2, 0.25) is 0 Å². The number of methoxy groups -OCH3 is 2. The Morgan fingerprint density at radius 1 is 0.900 bits per heavy atom. The Hall–Kier alpha value is -3.58. The van der Waals surface area contributed by atoms with Crippen molar-refractivity contribution in [2.75, 3.05) is 14.2 Å². The fourth-order valence-corrected chi connectivity index (χ4v) is 3.61. The monoisotopic (exact) mass is 420 g/mol. The van der Waals surface area contributed by atoms with E-state index in [1.165, 1.54) is 32.1 Å². The molecule has 0 aliphatic rings. The zero-order valence-electron chi connectivity index (χ0n) is 16.5. The molecule has 2 aromatic carbocycles. The van der Waals surface area contributed by atoms with Crippen LogP contribution in [0.5, 0.6) is 0 Å². The first-order chi connectivity index (χ1) is 14.6. The van der Waals surface area contributed by atoms with Crippen molar-refractivity contribution in [1.82, 2.24) is 9.78 Å². The molecule has 1 heterocycles. The first kappa shape index (κ1) is 21.1. The predicted octanol–water partition coefficient (Wildman–Crippen LogP) is 4.46. The molecular formula is C23H20N2O4S. The van der Waals surface area contributed by atoms with Crippen molar-refractivity contribution in [1.29, 1.82) is 0 Å². The largest absolute Gasteiger partial charge is 0.466 e. The van der Waals surface area contributed by atoms with E-state index in [0.29, 0.717) is 0 Å². The third kappa shape index (κ3) is 5.07. The molecule has 0 N–H and O–H groups in total. The molecule has 7 heteroatoms. The standard InChI is InChI=1S/C23H20N2O4S/c1-28-20(26)14-16-30-22(18-11-7-4-8-12-18)21(17-9-5-3-6-10-17)25-15-13-19(24-25)23(27)29-2/h3-16H,1-2H3/b16-14-,22-21-. The van der Waals surface area contributed by atoms with Gasteiger partial charge in [-0.05, 0) is 17.0 Å². The van der Waals surface area contributed by atoms with Gasteiger partial charge in [0.05, 0.1) is 19.9 Å². The minimum absolute atomic E-state index is 0.202. The molecule has 0 atom stereocenters. The Bertz CT molecular complexity index is 1070. The molecule has 30 heavy (non-hydrogen) atoms. The average molecular weight is 420 g/mol. The maximum absolute atomic E-state index is 11.9. The molecule has 0 radical (unpaired) electrons. The van der Waals surface area contributed by atoms with Crippen molar-refractivity contribution >= 4 is 34.3 Å². The molecule has 0 aliphatic heterocycles. The minimum Gasteiger partial charge on any atom is -0.466 e. The molecule has 0 saturated heterocycles. The van der Waals surface area contributed by atoms with Gasteiger partial charge in [-0.2, -0.15) is 5.10 Å². The van der Waals surface area contributed by atoms with E-state index in [4.69, 9.17) is 4.74 Å². The van der Waals surface area contributed by atoms with Crippen LogP contribution in [0.4, 0.5) is 0 Å². The summed E-state index contributed by atoms with van der Waals surface area (Å²) in [4.78, 5) is 24.3. The van der Waals surface area contributed by atoms with Crippen molar-refractivity contribution in [3.63, 3.8) is 0 Å². The predicted molar refractivity (Wildman–Crippen MR) is 117 cm³/mol. The number of hydrogen-bond acceptors (Lipinski definition) is 6. The van der Waals surface area contributed by atoms with E-state index in [-0.39, 0.29) is 5.69 Å². The van der Waals surface area contributed by atoms with E-state index in [2.05, 4.69) is 9.84 Å². The molecule has 0 saturated carbocycles. The van der Waals surface area contributed by atoms with Gasteiger partial charge in [-0.15, -0.1) is 0 Å². The summed E-state index contributed by atoms with van der Waals surface area (Å²) in [5, 5.41) is 6.09. The SMILES string of the molecule is COC(=O)/C=C\S/C(=C(/c1ccccc1)n1ccc(C(=O)OC)n1)c1ccccc1. The maximum atomic E-state index is 11.9. The highest BCUT2D eigenvalue weighted by Gasteiger charge is 2.17. The van der Waals surface area contributed by atoms with Crippen LogP contribution >= 0.6 is 11.8 Å². The molecule has 0 aliphatic carbocycles. The van der Waals surface area contributed by atoms with Crippen LogP contribution in [0.15, 0.2) is 84.4 Å². The number of carbonyl (C=O) groups is 2. The molecule has 1 aromatic heterocycles. The summed E-state index contributed by atoms with van der Waals surface area (Å²) >= 11 is 1.36. The highest BCUT2D eigenvalue weighted by Crippen LogP contribution is 2.37. The second-order valence-electron chi connectivity index (χ2n) is 5.99. The molecule has 0 unspecified atom stereocenters. The summed E-state index contributed by atoms with van der Waals surface area (Å²) in [6.45, 7) is 0. The number of esters is 2. The van der Waals surface area contributed by atoms with E-state index < -0.39 is 11.9 Å². The van der Waals surface area contributed by atoms with Gasteiger partial charge >= 0.3 is 11.9 Å². The van der Waals surface area contributed by atoms with E-state index in [1.54, 1.807) is 22.4 Å². The molecule has 152 valence electrons. The van der Waals surface area contributed by atoms with E-state index >= 15 is 0 Å². The molecular weight excluding hydrogens is 400 g/mol. The zero-order chi connectivity index (χ0) is 21.3. The fraction of sp³-hybridized carbons (Fsp3) is 0.0870. The van der Waals surface area contributed by atoms with Gasteiger partial charge in [0.1, 0.15) is 0 Å². The molecule has 3 aromatic rings. The number of ether oxygens (including phenoxy) is 2. The lowest BCUT2D eigenvalue weighted by Crippen LogP contribution is -2.07. The van der Waals surface area contributed by atoms with Crippen molar-refractivity contribution < 1.29 is 19.1 Å². The van der Waals surface area contributed by atoms with Gasteiger partial charge < -0.3 is 9.47 Å². The Morgan fingerprint density at radius 3 is 2.13 bits per heavy atom. The van der Waals surface area contributed by atoms with Crippen molar-refractivity contribution in [3.05, 3.63) is 101 Å². The topological polar surface area (TPSA) is 70.4 Å². The van der Waals surface area contributed by atoms with Gasteiger partial charge in [-0.25, -0.2) is 14.3 Å². The van der Waals surface area contributed by atoms with Crippen LogP contribution in [0.25, 0.3) is 10.6 Å². The van der Waals surface area contributed by atoms with Crippen LogP contribution in [0.1, 0.15) is 21.6 Å². The van der Waals surface area contributed by atoms with Crippen LogP contribution in [0.3, 0.4) is 0 Å². The normalized spacial score (nSPS) is 11.8. The van der Waals surface area contributed by atoms with E-state index in [9.17, 15) is 9.59 Å². The van der Waals surface area contributed by atoms with Crippen molar-refractivity contribution in [2.45, 2.75) is 0 Å². The molecule has 3 rings (SSSR count). The summed E-state index contributed by atoms with van der Waals surface area (Å²) in [6, 6.07) is 21.1. The van der Waals surface area contributed by atoms with Gasteiger partial charge in [-0.3, -0.25) is 0 Å². The molecule has 0 bridgehead atoms. The summed E-state index contributed by atoms with van der Waals surface area (Å²) < 4.78 is 11.1. The number of hydrogen-bond donors (Lipinski definition) is 0. The number of carbonyl (C=O) groups excluding carboxylic acids is 2. The minimum atomic E-state index is -0.513. The van der Waals surface area contributed by atoms with Crippen LogP contribution < -0.4 is 0 Å². The lowest BCUT2D eigenvalue weighted by atomic mass is 10.1. The molecule has 0 amide bonds. The molecule has 0 fully saturated rings. The lowest BCUT2D eigenvalue weighted by Gasteiger charge is -2.15. The second-order valence-corrected chi connectivity index (χ2v) is 6.91. The highest BCUT2D eigenvalue weighted by atomic mass is 32.2. The third-order valence-corrected chi connectivity index (χ3v) is 5.04. The van der Waals surface area contributed by atoms with E-state index in [0.717, 1.165) is 21.7 Å². The number of benzene rings is 2. The zero-order valence-corrected chi connectivity index (χ0v) is 17.3. The average Bonchev–Trinajstić information content (AvgIpc) is 3.28. The summed E-state index contributed by atoms with van der Waals surface area (Å²) in [7, 11) is 2.65. The number of thioether (sulfide) groups is 1.